The highest BCUT2D eigenvalue weighted by molar-refractivity contribution is 5.91. The van der Waals surface area contributed by atoms with E-state index in [1.54, 1.807) is 6.07 Å². The minimum absolute atomic E-state index is 0.00638. The number of alkyl halides is 15. The Morgan fingerprint density at radius 1 is 0.854 bits per heavy atom. The number of amides is 1. The van der Waals surface area contributed by atoms with Gasteiger partial charge in [0.25, 0.3) is 0 Å². The van der Waals surface area contributed by atoms with Gasteiger partial charge in [0.05, 0.1) is 28.9 Å². The first-order valence-electron chi connectivity index (χ1n) is 12.7. The van der Waals surface area contributed by atoms with Crippen LogP contribution in [0.3, 0.4) is 0 Å². The van der Waals surface area contributed by atoms with Gasteiger partial charge < -0.3 is 10.0 Å². The van der Waals surface area contributed by atoms with Gasteiger partial charge in [-0.05, 0) is 30.7 Å². The third kappa shape index (κ3) is 4.02. The van der Waals surface area contributed by atoms with Crippen molar-refractivity contribution in [1.82, 2.24) is 19.0 Å². The zero-order valence-corrected chi connectivity index (χ0v) is 22.6. The fourth-order valence-corrected chi connectivity index (χ4v) is 5.61. The van der Waals surface area contributed by atoms with Crippen LogP contribution in [0.4, 0.5) is 65.9 Å². The Hall–Kier alpha value is -4.65. The molecule has 2 aliphatic rings. The molecule has 1 amide bonds. The maximum Gasteiger partial charge on any atom is 0.460 e. The van der Waals surface area contributed by atoms with Gasteiger partial charge in [-0.3, -0.25) is 14.3 Å². The van der Waals surface area contributed by atoms with E-state index >= 15 is 0 Å². The number of carbonyl (C=O) groups is 1. The summed E-state index contributed by atoms with van der Waals surface area (Å²) in [7, 11) is 0. The van der Waals surface area contributed by atoms with Gasteiger partial charge in [0.2, 0.25) is 5.88 Å². The Kier molecular flexibility index (Phi) is 7.18. The van der Waals surface area contributed by atoms with E-state index < -0.39 is 94.8 Å². The average Bonchev–Trinajstić information content (AvgIpc) is 3.66. The first-order valence-corrected chi connectivity index (χ1v) is 12.7. The molecule has 0 saturated carbocycles. The number of fused-ring (bicyclic) bond motifs is 6. The standard InChI is InChI=1S/C25H12F15N5O3/c26-19(27,20(28,29)21(30,31)22(32,33)23(34,35)24(36,37)25(38,39)40)17(47)43-8-10-6-13(43)15-16(46)45(18(48)44(10)15)12-4-3-9(7-41)14-11(12)2-1-5-42-14/h1-5,10,13,46H,6,8H2/t10-,13-/m0/s1. The Morgan fingerprint density at radius 3 is 1.98 bits per heavy atom. The molecule has 2 aliphatic heterocycles. The van der Waals surface area contributed by atoms with Gasteiger partial charge in [0, 0.05) is 18.1 Å². The van der Waals surface area contributed by atoms with Crippen LogP contribution in [0, 0.1) is 11.3 Å². The summed E-state index contributed by atoms with van der Waals surface area (Å²) in [5.41, 5.74) is -2.15. The Morgan fingerprint density at radius 2 is 1.42 bits per heavy atom. The van der Waals surface area contributed by atoms with Crippen LogP contribution in [0.5, 0.6) is 5.88 Å². The molecule has 1 fully saturated rings. The monoisotopic (exact) mass is 715 g/mol. The van der Waals surface area contributed by atoms with Gasteiger partial charge in [-0.2, -0.15) is 71.1 Å². The molecule has 0 unspecified atom stereocenters. The molecule has 1 aromatic carbocycles. The highest BCUT2D eigenvalue weighted by Crippen LogP contribution is 2.63. The molecule has 4 heterocycles. The quantitative estimate of drug-likeness (QED) is 0.304. The molecule has 48 heavy (non-hydrogen) atoms. The van der Waals surface area contributed by atoms with Crippen LogP contribution in [-0.2, 0) is 4.79 Å². The maximum atomic E-state index is 14.8. The van der Waals surface area contributed by atoms with Crippen molar-refractivity contribution in [2.24, 2.45) is 0 Å². The second-order valence-corrected chi connectivity index (χ2v) is 10.6. The number of likely N-dealkylation sites (tertiary alicyclic amines) is 1. The lowest BCUT2D eigenvalue weighted by atomic mass is 9.90. The molecule has 0 spiro atoms. The van der Waals surface area contributed by atoms with Crippen LogP contribution in [0.15, 0.2) is 35.3 Å². The number of aromatic hydroxyl groups is 1. The van der Waals surface area contributed by atoms with Crippen molar-refractivity contribution >= 4 is 16.8 Å². The van der Waals surface area contributed by atoms with E-state index in [0.717, 1.165) is 12.1 Å². The highest BCUT2D eigenvalue weighted by Gasteiger charge is 2.94. The van der Waals surface area contributed by atoms with E-state index in [-0.39, 0.29) is 22.2 Å². The van der Waals surface area contributed by atoms with Crippen LogP contribution >= 0.6 is 0 Å². The molecule has 1 saturated heterocycles. The van der Waals surface area contributed by atoms with Crippen LogP contribution < -0.4 is 5.69 Å². The zero-order valence-electron chi connectivity index (χ0n) is 22.6. The number of hydrogen-bond acceptors (Lipinski definition) is 5. The van der Waals surface area contributed by atoms with Gasteiger partial charge >= 0.3 is 53.3 Å². The predicted molar refractivity (Wildman–Crippen MR) is 126 cm³/mol. The number of imidazole rings is 1. The second-order valence-electron chi connectivity index (χ2n) is 10.6. The number of benzene rings is 1. The van der Waals surface area contributed by atoms with Gasteiger partial charge in [-0.25, -0.2) is 9.36 Å². The van der Waals surface area contributed by atoms with Gasteiger partial charge in [0.1, 0.15) is 11.8 Å². The number of halogens is 15. The van der Waals surface area contributed by atoms with E-state index in [2.05, 4.69) is 4.98 Å². The van der Waals surface area contributed by atoms with Crippen LogP contribution in [0.25, 0.3) is 16.6 Å². The molecule has 2 aromatic heterocycles. The summed E-state index contributed by atoms with van der Waals surface area (Å²) in [5.74, 6) is -53.6. The molecular weight excluding hydrogens is 703 g/mol. The summed E-state index contributed by atoms with van der Waals surface area (Å²) in [6, 6.07) is 3.17. The van der Waals surface area contributed by atoms with E-state index in [1.807, 2.05) is 0 Å². The predicted octanol–water partition coefficient (Wildman–Crippen LogP) is 5.97. The molecule has 2 atom stereocenters. The van der Waals surface area contributed by atoms with Crippen molar-refractivity contribution in [3.05, 3.63) is 52.2 Å². The van der Waals surface area contributed by atoms with Gasteiger partial charge in [-0.1, -0.05) is 0 Å². The summed E-state index contributed by atoms with van der Waals surface area (Å²) in [4.78, 5) is 29.5. The zero-order chi connectivity index (χ0) is 36.4. The topological polar surface area (TPSA) is 104 Å². The smallest absolute Gasteiger partial charge is 0.460 e. The van der Waals surface area contributed by atoms with Crippen LogP contribution in [0.1, 0.15) is 29.8 Å². The molecular formula is C25H12F15N5O3. The number of rotatable bonds is 7. The summed E-state index contributed by atoms with van der Waals surface area (Å²) in [6.07, 6.45) is -7.19. The molecule has 23 heteroatoms. The summed E-state index contributed by atoms with van der Waals surface area (Å²) < 4.78 is 206. The first kappa shape index (κ1) is 34.7. The average molecular weight is 715 g/mol. The van der Waals surface area contributed by atoms with E-state index in [4.69, 9.17) is 0 Å². The van der Waals surface area contributed by atoms with Crippen molar-refractivity contribution < 1.29 is 75.8 Å². The molecule has 0 aliphatic carbocycles. The molecule has 1 N–H and O–H groups in total. The number of carbonyl (C=O) groups excluding carboxylic acids is 1. The van der Waals surface area contributed by atoms with Crippen molar-refractivity contribution in [2.45, 2.75) is 60.2 Å². The third-order valence-corrected chi connectivity index (χ3v) is 8.02. The lowest BCUT2D eigenvalue weighted by molar-refractivity contribution is -0.450. The minimum Gasteiger partial charge on any atom is -0.493 e. The summed E-state index contributed by atoms with van der Waals surface area (Å²) in [5, 5.41) is 20.3. The van der Waals surface area contributed by atoms with Crippen molar-refractivity contribution in [2.75, 3.05) is 6.54 Å². The fraction of sp³-hybridized carbons (Fsp3) is 0.440. The van der Waals surface area contributed by atoms with E-state index in [9.17, 15) is 85.8 Å². The normalized spacial score (nSPS) is 19.2. The Bertz CT molecular complexity index is 1940. The van der Waals surface area contributed by atoms with Gasteiger partial charge in [0.15, 0.2) is 0 Å². The molecule has 3 aromatic rings. The lowest BCUT2D eigenvalue weighted by Gasteiger charge is -2.42. The third-order valence-electron chi connectivity index (χ3n) is 8.02. The van der Waals surface area contributed by atoms with Crippen LogP contribution in [0.2, 0.25) is 0 Å². The number of aromatic nitrogens is 3. The molecule has 0 radical (unpaired) electrons. The largest absolute Gasteiger partial charge is 0.493 e. The SMILES string of the molecule is N#Cc1ccc(-n2c(O)c3n(c2=O)[C@H]2C[C@@H]3N(C(=O)C(F)(F)C(F)(F)C(F)(F)C(F)(F)C(F)(F)C(F)(F)C(F)(F)F)C2)c2cccnc12. The fourth-order valence-electron chi connectivity index (χ4n) is 5.61. The number of nitriles is 1. The Balaban J connectivity index is 1.54. The maximum absolute atomic E-state index is 14.8. The minimum atomic E-state index is -8.56. The van der Waals surface area contributed by atoms with Crippen molar-refractivity contribution in [1.29, 1.82) is 5.26 Å². The summed E-state index contributed by atoms with van der Waals surface area (Å²) >= 11 is 0. The second kappa shape index (κ2) is 9.94. The lowest BCUT2D eigenvalue weighted by Crippen LogP contribution is -2.74. The molecule has 260 valence electrons. The van der Waals surface area contributed by atoms with E-state index in [1.165, 1.54) is 18.3 Å². The molecule has 8 nitrogen and oxygen atoms in total. The van der Waals surface area contributed by atoms with Gasteiger partial charge in [-0.15, -0.1) is 0 Å². The van der Waals surface area contributed by atoms with E-state index in [0.29, 0.717) is 9.13 Å². The van der Waals surface area contributed by atoms with Crippen molar-refractivity contribution in [3.63, 3.8) is 0 Å². The van der Waals surface area contributed by atoms with Crippen LogP contribution in [-0.4, -0.2) is 78.3 Å². The first-order chi connectivity index (χ1) is 21.7. The number of pyridine rings is 1. The van der Waals surface area contributed by atoms with Crippen molar-refractivity contribution in [3.8, 4) is 17.6 Å². The number of hydrogen-bond donors (Lipinski definition) is 1. The molecule has 5 rings (SSSR count). The summed E-state index contributed by atoms with van der Waals surface area (Å²) in [6.45, 7) is -1.24. The Labute approximate surface area is 254 Å². The highest BCUT2D eigenvalue weighted by atomic mass is 19.4. The molecule has 2 bridgehead atoms. The number of nitrogens with zero attached hydrogens (tertiary/aromatic N) is 5.